The van der Waals surface area contributed by atoms with Crippen LogP contribution < -0.4 is 0 Å². The average Bonchev–Trinajstić information content (AvgIpc) is 3.15. The molecule has 108 valence electrons. The Kier molecular flexibility index (Phi) is 7.36. The van der Waals surface area contributed by atoms with Gasteiger partial charge in [-0.3, -0.25) is 0 Å². The summed E-state index contributed by atoms with van der Waals surface area (Å²) in [5.74, 6) is 0. The normalized spacial score (nSPS) is 19.5. The van der Waals surface area contributed by atoms with Crippen molar-refractivity contribution in [2.24, 2.45) is 0 Å². The first-order chi connectivity index (χ1) is 8.62. The highest BCUT2D eigenvalue weighted by atomic mass is 28.4. The van der Waals surface area contributed by atoms with Gasteiger partial charge in [0.1, 0.15) is 6.10 Å². The molecule has 0 radical (unpaired) electrons. The zero-order chi connectivity index (χ0) is 13.4. The summed E-state index contributed by atoms with van der Waals surface area (Å²) in [7, 11) is 0.875. The molecule has 6 heteroatoms. The predicted octanol–water partition coefficient (Wildman–Crippen LogP) is 1.84. The van der Waals surface area contributed by atoms with Crippen LogP contribution in [-0.2, 0) is 22.8 Å². The minimum Gasteiger partial charge on any atom is -0.379 e. The summed E-state index contributed by atoms with van der Waals surface area (Å²) < 4.78 is 27.4. The third-order valence-electron chi connectivity index (χ3n) is 2.77. The van der Waals surface area contributed by atoms with E-state index in [4.69, 9.17) is 22.8 Å². The van der Waals surface area contributed by atoms with Crippen molar-refractivity contribution in [1.82, 2.24) is 0 Å². The zero-order valence-corrected chi connectivity index (χ0v) is 12.9. The lowest BCUT2D eigenvalue weighted by atomic mass is 10.3. The van der Waals surface area contributed by atoms with Crippen LogP contribution in [0.2, 0.25) is 6.04 Å². The minimum atomic E-state index is -2.46. The van der Waals surface area contributed by atoms with Crippen molar-refractivity contribution >= 4 is 8.80 Å². The summed E-state index contributed by atoms with van der Waals surface area (Å²) in [5, 5.41) is 0. The van der Waals surface area contributed by atoms with Crippen LogP contribution in [-0.4, -0.2) is 55.1 Å². The molecule has 1 aliphatic heterocycles. The van der Waals surface area contributed by atoms with Crippen molar-refractivity contribution in [3.63, 3.8) is 0 Å². The van der Waals surface area contributed by atoms with Crippen molar-refractivity contribution < 1.29 is 22.8 Å². The minimum absolute atomic E-state index is 0.125. The molecule has 5 nitrogen and oxygen atoms in total. The number of hydrogen-bond donors (Lipinski definition) is 0. The SMILES string of the molecule is CO[Si](CCCCOCC1CO1)(OC)OC(C)C. The highest BCUT2D eigenvalue weighted by molar-refractivity contribution is 6.60. The maximum Gasteiger partial charge on any atom is 0.500 e. The van der Waals surface area contributed by atoms with Crippen LogP contribution >= 0.6 is 0 Å². The quantitative estimate of drug-likeness (QED) is 0.328. The zero-order valence-electron chi connectivity index (χ0n) is 11.9. The molecular formula is C12H26O5Si. The summed E-state index contributed by atoms with van der Waals surface area (Å²) in [4.78, 5) is 0. The molecule has 1 fully saturated rings. The van der Waals surface area contributed by atoms with Crippen molar-refractivity contribution in [3.05, 3.63) is 0 Å². The van der Waals surface area contributed by atoms with Gasteiger partial charge in [0.15, 0.2) is 0 Å². The lowest BCUT2D eigenvalue weighted by Crippen LogP contribution is -2.45. The fraction of sp³-hybridized carbons (Fsp3) is 1.00. The van der Waals surface area contributed by atoms with Gasteiger partial charge in [0, 0.05) is 33.0 Å². The molecule has 18 heavy (non-hydrogen) atoms. The second-order valence-corrected chi connectivity index (χ2v) is 7.66. The molecule has 0 bridgehead atoms. The van der Waals surface area contributed by atoms with Crippen LogP contribution in [0.15, 0.2) is 0 Å². The smallest absolute Gasteiger partial charge is 0.379 e. The Hall–Kier alpha value is 0.0169. The van der Waals surface area contributed by atoms with Crippen LogP contribution in [0, 0.1) is 0 Å². The molecule has 0 N–H and O–H groups in total. The van der Waals surface area contributed by atoms with Gasteiger partial charge in [-0.25, -0.2) is 0 Å². The van der Waals surface area contributed by atoms with E-state index in [2.05, 4.69) is 0 Å². The molecule has 0 aromatic carbocycles. The fourth-order valence-corrected chi connectivity index (χ4v) is 4.01. The Morgan fingerprint density at radius 1 is 1.22 bits per heavy atom. The summed E-state index contributed by atoms with van der Waals surface area (Å²) in [5.41, 5.74) is 0. The number of hydrogen-bond acceptors (Lipinski definition) is 5. The third kappa shape index (κ3) is 6.26. The second kappa shape index (κ2) is 8.24. The van der Waals surface area contributed by atoms with Crippen molar-refractivity contribution in [1.29, 1.82) is 0 Å². The summed E-state index contributed by atoms with van der Waals surface area (Å²) in [6.07, 6.45) is 2.46. The average molecular weight is 278 g/mol. The Morgan fingerprint density at radius 3 is 2.39 bits per heavy atom. The molecule has 1 rings (SSSR count). The summed E-state index contributed by atoms with van der Waals surface area (Å²) in [6, 6.07) is 0.835. The summed E-state index contributed by atoms with van der Waals surface area (Å²) >= 11 is 0. The Labute approximate surface area is 111 Å². The number of rotatable bonds is 11. The topological polar surface area (TPSA) is 49.5 Å². The molecular weight excluding hydrogens is 252 g/mol. The van der Waals surface area contributed by atoms with Crippen LogP contribution in [0.3, 0.4) is 0 Å². The number of epoxide rings is 1. The van der Waals surface area contributed by atoms with E-state index in [1.807, 2.05) is 13.8 Å². The fourth-order valence-electron chi connectivity index (χ4n) is 1.73. The molecule has 0 saturated carbocycles. The lowest BCUT2D eigenvalue weighted by molar-refractivity contribution is 0.0677. The van der Waals surface area contributed by atoms with Gasteiger partial charge in [-0.15, -0.1) is 0 Å². The van der Waals surface area contributed by atoms with Gasteiger partial charge in [0.05, 0.1) is 13.2 Å². The van der Waals surface area contributed by atoms with Gasteiger partial charge in [-0.05, 0) is 26.7 Å². The highest BCUT2D eigenvalue weighted by Gasteiger charge is 2.39. The molecule has 0 spiro atoms. The molecule has 1 saturated heterocycles. The Morgan fingerprint density at radius 2 is 1.89 bits per heavy atom. The van der Waals surface area contributed by atoms with E-state index in [0.717, 1.165) is 38.7 Å². The van der Waals surface area contributed by atoms with E-state index in [0.29, 0.717) is 6.10 Å². The van der Waals surface area contributed by atoms with E-state index >= 15 is 0 Å². The van der Waals surface area contributed by atoms with E-state index < -0.39 is 8.80 Å². The van der Waals surface area contributed by atoms with Crippen molar-refractivity contribution in [2.75, 3.05) is 34.0 Å². The van der Waals surface area contributed by atoms with Gasteiger partial charge in [0.2, 0.25) is 0 Å². The molecule has 0 aliphatic carbocycles. The molecule has 0 aromatic heterocycles. The maximum absolute atomic E-state index is 5.82. The van der Waals surface area contributed by atoms with Crippen molar-refractivity contribution in [3.8, 4) is 0 Å². The largest absolute Gasteiger partial charge is 0.500 e. The van der Waals surface area contributed by atoms with E-state index in [1.54, 1.807) is 14.2 Å². The monoisotopic (exact) mass is 278 g/mol. The number of ether oxygens (including phenoxy) is 2. The van der Waals surface area contributed by atoms with Crippen molar-refractivity contribution in [2.45, 2.75) is 44.9 Å². The van der Waals surface area contributed by atoms with E-state index in [1.165, 1.54) is 0 Å². The molecule has 0 amide bonds. The van der Waals surface area contributed by atoms with Crippen LogP contribution in [0.5, 0.6) is 0 Å². The van der Waals surface area contributed by atoms with Gasteiger partial charge in [-0.1, -0.05) is 0 Å². The Balaban J connectivity index is 2.11. The van der Waals surface area contributed by atoms with Crippen LogP contribution in [0.25, 0.3) is 0 Å². The first kappa shape index (κ1) is 16.1. The molecule has 0 aromatic rings. The molecule has 1 aliphatic rings. The van der Waals surface area contributed by atoms with Gasteiger partial charge < -0.3 is 22.8 Å². The van der Waals surface area contributed by atoms with Gasteiger partial charge in [0.25, 0.3) is 0 Å². The number of unbranched alkanes of at least 4 members (excludes halogenated alkanes) is 1. The van der Waals surface area contributed by atoms with Crippen LogP contribution in [0.1, 0.15) is 26.7 Å². The Bertz CT molecular complexity index is 217. The first-order valence-electron chi connectivity index (χ1n) is 6.59. The highest BCUT2D eigenvalue weighted by Crippen LogP contribution is 2.19. The first-order valence-corrected chi connectivity index (χ1v) is 8.52. The standard InChI is InChI=1S/C12H26O5Si/c1-11(2)17-18(13-3,14-4)8-6-5-7-15-9-12-10-16-12/h11-12H,5-10H2,1-4H3. The van der Waals surface area contributed by atoms with Gasteiger partial charge in [-0.2, -0.15) is 0 Å². The summed E-state index contributed by atoms with van der Waals surface area (Å²) in [6.45, 7) is 6.34. The van der Waals surface area contributed by atoms with Crippen LogP contribution in [0.4, 0.5) is 0 Å². The van der Waals surface area contributed by atoms with Gasteiger partial charge >= 0.3 is 8.80 Å². The molecule has 1 atom stereocenters. The third-order valence-corrected chi connectivity index (χ3v) is 5.81. The second-order valence-electron chi connectivity index (χ2n) is 4.75. The molecule has 1 unspecified atom stereocenters. The predicted molar refractivity (Wildman–Crippen MR) is 70.6 cm³/mol. The lowest BCUT2D eigenvalue weighted by Gasteiger charge is -2.28. The van der Waals surface area contributed by atoms with E-state index in [-0.39, 0.29) is 6.10 Å². The molecule has 1 heterocycles. The van der Waals surface area contributed by atoms with E-state index in [9.17, 15) is 0 Å². The maximum atomic E-state index is 5.82.